The Morgan fingerprint density at radius 2 is 1.88 bits per heavy atom. The highest BCUT2D eigenvalue weighted by Gasteiger charge is 2.15. The molecule has 0 atom stereocenters. The Bertz CT molecular complexity index is 936. The van der Waals surface area contributed by atoms with E-state index in [0.717, 1.165) is 6.07 Å². The number of nitriles is 1. The topological polar surface area (TPSA) is 96.0 Å². The summed E-state index contributed by atoms with van der Waals surface area (Å²) >= 11 is 17.7. The molecule has 1 amide bonds. The standard InChI is InChI=1S/C16H8Cl3N3O3/c17-11-2-1-9(13(18)6-11)5-10(8-20)16(23)21-15-4-3-12(22(24)25)7-14(15)19/h1-7H,(H,21,23)/b10-5-. The van der Waals surface area contributed by atoms with Gasteiger partial charge < -0.3 is 5.32 Å². The van der Waals surface area contributed by atoms with Gasteiger partial charge in [-0.25, -0.2) is 0 Å². The van der Waals surface area contributed by atoms with Crippen LogP contribution < -0.4 is 5.32 Å². The molecule has 9 heteroatoms. The van der Waals surface area contributed by atoms with E-state index in [1.54, 1.807) is 18.2 Å². The molecule has 2 rings (SSSR count). The van der Waals surface area contributed by atoms with Gasteiger partial charge in [-0.3, -0.25) is 14.9 Å². The molecule has 0 saturated heterocycles. The number of nitrogens with one attached hydrogen (secondary N) is 1. The number of amides is 1. The van der Waals surface area contributed by atoms with Crippen LogP contribution in [0.5, 0.6) is 0 Å². The molecule has 25 heavy (non-hydrogen) atoms. The SMILES string of the molecule is N#C/C(=C/c1ccc(Cl)cc1Cl)C(=O)Nc1ccc([N+](=O)[O-])cc1Cl. The second-order valence-electron chi connectivity index (χ2n) is 4.71. The van der Waals surface area contributed by atoms with Crippen molar-refractivity contribution in [3.05, 3.63) is 72.7 Å². The second kappa shape index (κ2) is 7.99. The third kappa shape index (κ3) is 4.70. The van der Waals surface area contributed by atoms with Crippen LogP contribution in [0.4, 0.5) is 11.4 Å². The molecule has 0 aliphatic rings. The normalized spacial score (nSPS) is 10.9. The van der Waals surface area contributed by atoms with Crippen molar-refractivity contribution in [3.63, 3.8) is 0 Å². The zero-order valence-electron chi connectivity index (χ0n) is 12.3. The highest BCUT2D eigenvalue weighted by molar-refractivity contribution is 6.36. The average molecular weight is 397 g/mol. The van der Waals surface area contributed by atoms with Crippen molar-refractivity contribution in [1.82, 2.24) is 0 Å². The minimum atomic E-state index is -0.732. The summed E-state index contributed by atoms with van der Waals surface area (Å²) in [5.74, 6) is -0.732. The van der Waals surface area contributed by atoms with Gasteiger partial charge in [-0.15, -0.1) is 0 Å². The van der Waals surface area contributed by atoms with E-state index in [0.29, 0.717) is 10.6 Å². The summed E-state index contributed by atoms with van der Waals surface area (Å²) in [6.07, 6.45) is 1.30. The number of hydrogen-bond acceptors (Lipinski definition) is 4. The van der Waals surface area contributed by atoms with Gasteiger partial charge in [0.15, 0.2) is 0 Å². The molecule has 2 aromatic rings. The molecule has 6 nitrogen and oxygen atoms in total. The number of nitrogens with zero attached hydrogens (tertiary/aromatic N) is 2. The number of nitro benzene ring substituents is 1. The summed E-state index contributed by atoms with van der Waals surface area (Å²) in [5.41, 5.74) is 0.138. The van der Waals surface area contributed by atoms with Crippen molar-refractivity contribution in [2.75, 3.05) is 5.32 Å². The van der Waals surface area contributed by atoms with Crippen molar-refractivity contribution in [1.29, 1.82) is 5.26 Å². The van der Waals surface area contributed by atoms with Gasteiger partial charge in [0.2, 0.25) is 0 Å². The number of carbonyl (C=O) groups is 1. The maximum atomic E-state index is 12.2. The van der Waals surface area contributed by atoms with Crippen molar-refractivity contribution in [3.8, 4) is 6.07 Å². The Morgan fingerprint density at radius 1 is 1.16 bits per heavy atom. The first-order valence-corrected chi connectivity index (χ1v) is 7.77. The van der Waals surface area contributed by atoms with Gasteiger partial charge >= 0.3 is 0 Å². The van der Waals surface area contributed by atoms with Crippen LogP contribution in [0.1, 0.15) is 5.56 Å². The minimum Gasteiger partial charge on any atom is -0.320 e. The molecule has 2 aromatic carbocycles. The second-order valence-corrected chi connectivity index (χ2v) is 5.96. The van der Waals surface area contributed by atoms with E-state index in [1.807, 2.05) is 0 Å². The summed E-state index contributed by atoms with van der Waals surface area (Å²) in [6, 6.07) is 9.95. The number of rotatable bonds is 4. The molecule has 0 bridgehead atoms. The molecule has 0 heterocycles. The van der Waals surface area contributed by atoms with Crippen LogP contribution in [0.2, 0.25) is 15.1 Å². The largest absolute Gasteiger partial charge is 0.320 e. The number of non-ortho nitro benzene ring substituents is 1. The quantitative estimate of drug-likeness (QED) is 0.336. The molecular weight excluding hydrogens is 389 g/mol. The van der Waals surface area contributed by atoms with E-state index in [4.69, 9.17) is 34.8 Å². The van der Waals surface area contributed by atoms with Crippen LogP contribution in [0.25, 0.3) is 6.08 Å². The number of benzene rings is 2. The first-order chi connectivity index (χ1) is 11.8. The predicted octanol–water partition coefficient (Wildman–Crippen LogP) is 5.10. The Labute approximate surface area is 157 Å². The van der Waals surface area contributed by atoms with E-state index in [-0.39, 0.29) is 27.0 Å². The Morgan fingerprint density at radius 3 is 2.44 bits per heavy atom. The molecule has 126 valence electrons. The van der Waals surface area contributed by atoms with Crippen LogP contribution in [0, 0.1) is 21.4 Å². The smallest absolute Gasteiger partial charge is 0.271 e. The number of hydrogen-bond donors (Lipinski definition) is 1. The lowest BCUT2D eigenvalue weighted by atomic mass is 10.1. The van der Waals surface area contributed by atoms with Crippen molar-refractivity contribution in [2.45, 2.75) is 0 Å². The fourth-order valence-corrected chi connectivity index (χ4v) is 2.52. The summed E-state index contributed by atoms with van der Waals surface area (Å²) in [7, 11) is 0. The summed E-state index contributed by atoms with van der Waals surface area (Å²) < 4.78 is 0. The molecule has 0 aliphatic heterocycles. The number of carbonyl (C=O) groups excluding carboxylic acids is 1. The van der Waals surface area contributed by atoms with Crippen molar-refractivity contribution < 1.29 is 9.72 Å². The van der Waals surface area contributed by atoms with E-state index < -0.39 is 10.8 Å². The van der Waals surface area contributed by atoms with Crippen LogP contribution in [0.3, 0.4) is 0 Å². The lowest BCUT2D eigenvalue weighted by Crippen LogP contribution is -2.13. The van der Waals surface area contributed by atoms with E-state index in [9.17, 15) is 20.2 Å². The highest BCUT2D eigenvalue weighted by atomic mass is 35.5. The first-order valence-electron chi connectivity index (χ1n) is 6.64. The number of halogens is 3. The van der Waals surface area contributed by atoms with E-state index in [1.165, 1.54) is 24.3 Å². The van der Waals surface area contributed by atoms with Gasteiger partial charge in [-0.2, -0.15) is 5.26 Å². The van der Waals surface area contributed by atoms with Crippen LogP contribution >= 0.6 is 34.8 Å². The Kier molecular flexibility index (Phi) is 5.99. The fourth-order valence-electron chi connectivity index (χ4n) is 1.83. The minimum absolute atomic E-state index is 0.0237. The summed E-state index contributed by atoms with van der Waals surface area (Å²) in [5, 5.41) is 23.0. The lowest BCUT2D eigenvalue weighted by molar-refractivity contribution is -0.384. The lowest BCUT2D eigenvalue weighted by Gasteiger charge is -2.07. The molecule has 0 saturated carbocycles. The Hall–Kier alpha value is -2.59. The first kappa shape index (κ1) is 18.7. The third-order valence-electron chi connectivity index (χ3n) is 3.04. The predicted molar refractivity (Wildman–Crippen MR) is 96.8 cm³/mol. The molecule has 0 unspecified atom stereocenters. The molecule has 0 radical (unpaired) electrons. The molecule has 1 N–H and O–H groups in total. The molecular formula is C16H8Cl3N3O3. The van der Waals surface area contributed by atoms with Gasteiger partial charge in [-0.05, 0) is 29.8 Å². The molecule has 0 aliphatic carbocycles. The maximum Gasteiger partial charge on any atom is 0.271 e. The zero-order valence-corrected chi connectivity index (χ0v) is 14.6. The van der Waals surface area contributed by atoms with Crippen LogP contribution in [-0.4, -0.2) is 10.8 Å². The van der Waals surface area contributed by atoms with E-state index in [2.05, 4.69) is 5.32 Å². The van der Waals surface area contributed by atoms with Crippen molar-refractivity contribution in [2.24, 2.45) is 0 Å². The fraction of sp³-hybridized carbons (Fsp3) is 0. The Balaban J connectivity index is 2.28. The van der Waals surface area contributed by atoms with Crippen LogP contribution in [-0.2, 0) is 4.79 Å². The maximum absolute atomic E-state index is 12.2. The van der Waals surface area contributed by atoms with Gasteiger partial charge in [0.25, 0.3) is 11.6 Å². The van der Waals surface area contributed by atoms with E-state index >= 15 is 0 Å². The molecule has 0 spiro atoms. The van der Waals surface area contributed by atoms with Gasteiger partial charge in [0, 0.05) is 22.2 Å². The summed E-state index contributed by atoms with van der Waals surface area (Å²) in [4.78, 5) is 22.3. The molecule has 0 fully saturated rings. The average Bonchev–Trinajstić information content (AvgIpc) is 2.55. The molecule has 0 aromatic heterocycles. The third-order valence-corrected chi connectivity index (χ3v) is 3.91. The van der Waals surface area contributed by atoms with Crippen molar-refractivity contribution >= 4 is 58.2 Å². The summed E-state index contributed by atoms with van der Waals surface area (Å²) in [6.45, 7) is 0. The number of nitro groups is 1. The zero-order chi connectivity index (χ0) is 18.6. The number of anilines is 1. The van der Waals surface area contributed by atoms with Gasteiger partial charge in [-0.1, -0.05) is 40.9 Å². The monoisotopic (exact) mass is 395 g/mol. The van der Waals surface area contributed by atoms with Gasteiger partial charge in [0.05, 0.1) is 15.6 Å². The van der Waals surface area contributed by atoms with Gasteiger partial charge in [0.1, 0.15) is 11.6 Å². The highest BCUT2D eigenvalue weighted by Crippen LogP contribution is 2.27. The van der Waals surface area contributed by atoms with Crippen LogP contribution in [0.15, 0.2) is 42.0 Å².